The van der Waals surface area contributed by atoms with Gasteiger partial charge in [-0.05, 0) is 94.1 Å². The number of hydrogen-bond acceptors (Lipinski definition) is 6. The lowest BCUT2D eigenvalue weighted by Crippen LogP contribution is -2.04. The fraction of sp³-hybridized carbons (Fsp3) is 0.118. The minimum absolute atomic E-state index is 0.0342. The minimum Gasteiger partial charge on any atom is -0.497 e. The van der Waals surface area contributed by atoms with Gasteiger partial charge in [0.25, 0.3) is 0 Å². The molecule has 0 radical (unpaired) electrons. The van der Waals surface area contributed by atoms with E-state index in [4.69, 9.17) is 18.9 Å². The molecule has 0 atom stereocenters. The van der Waals surface area contributed by atoms with E-state index in [1.165, 1.54) is 12.2 Å². The number of methoxy groups -OCH3 is 2. The highest BCUT2D eigenvalue weighted by molar-refractivity contribution is 5.90. The Bertz CT molecular complexity index is 1480. The van der Waals surface area contributed by atoms with Crippen molar-refractivity contribution in [1.29, 1.82) is 0 Å². The molecule has 0 aromatic heterocycles. The Labute approximate surface area is 233 Å². The van der Waals surface area contributed by atoms with Crippen molar-refractivity contribution in [1.82, 2.24) is 0 Å². The number of carbonyl (C=O) groups excluding carboxylic acids is 2. The summed E-state index contributed by atoms with van der Waals surface area (Å²) in [6, 6.07) is 26.0. The molecular weight excluding hydrogens is 504 g/mol. The summed E-state index contributed by atoms with van der Waals surface area (Å²) in [7, 11) is 3.21. The van der Waals surface area contributed by atoms with Gasteiger partial charge in [0.05, 0.1) is 14.2 Å². The summed E-state index contributed by atoms with van der Waals surface area (Å²) in [6.07, 6.45) is 6.19. The van der Waals surface area contributed by atoms with E-state index < -0.39 is 11.9 Å². The van der Waals surface area contributed by atoms with Crippen LogP contribution in [0.5, 0.6) is 23.0 Å². The van der Waals surface area contributed by atoms with Crippen molar-refractivity contribution in [3.8, 4) is 34.1 Å². The lowest BCUT2D eigenvalue weighted by molar-refractivity contribution is -0.129. The molecule has 4 aromatic rings. The van der Waals surface area contributed by atoms with Gasteiger partial charge in [0.2, 0.25) is 0 Å². The molecule has 0 fully saturated rings. The van der Waals surface area contributed by atoms with Gasteiger partial charge in [-0.3, -0.25) is 0 Å². The zero-order valence-corrected chi connectivity index (χ0v) is 22.4. The highest BCUT2D eigenvalue weighted by Crippen LogP contribution is 2.47. The van der Waals surface area contributed by atoms with Gasteiger partial charge < -0.3 is 18.9 Å². The molecule has 0 aliphatic heterocycles. The predicted octanol–water partition coefficient (Wildman–Crippen LogP) is 7.07. The third-order valence-corrected chi connectivity index (χ3v) is 6.76. The molecule has 0 N–H and O–H groups in total. The number of benzene rings is 4. The quantitative estimate of drug-likeness (QED) is 0.137. The van der Waals surface area contributed by atoms with E-state index in [0.717, 1.165) is 44.9 Å². The topological polar surface area (TPSA) is 71.1 Å². The number of fused-ring (bicyclic) bond motifs is 3. The highest BCUT2D eigenvalue weighted by atomic mass is 16.5. The van der Waals surface area contributed by atoms with Gasteiger partial charge in [-0.2, -0.15) is 0 Å². The van der Waals surface area contributed by atoms with E-state index >= 15 is 0 Å². The van der Waals surface area contributed by atoms with Gasteiger partial charge in [-0.1, -0.05) is 43.3 Å². The van der Waals surface area contributed by atoms with E-state index in [0.29, 0.717) is 11.5 Å². The Hall–Kier alpha value is -5.10. The van der Waals surface area contributed by atoms with Gasteiger partial charge in [0, 0.05) is 18.1 Å². The van der Waals surface area contributed by atoms with Crippen molar-refractivity contribution in [3.63, 3.8) is 0 Å². The first kappa shape index (κ1) is 26.5. The summed E-state index contributed by atoms with van der Waals surface area (Å²) in [5.41, 5.74) is 5.94. The molecule has 0 spiro atoms. The lowest BCUT2D eigenvalue weighted by atomic mass is 9.99. The first-order valence-electron chi connectivity index (χ1n) is 12.8. The highest BCUT2D eigenvalue weighted by Gasteiger charge is 2.27. The number of rotatable bonds is 8. The molecule has 0 amide bonds. The van der Waals surface area contributed by atoms with Crippen LogP contribution >= 0.6 is 0 Å². The average Bonchev–Trinajstić information content (AvgIpc) is 3.26. The molecule has 1 aliphatic carbocycles. The second-order valence-corrected chi connectivity index (χ2v) is 9.27. The van der Waals surface area contributed by atoms with Gasteiger partial charge in [-0.15, -0.1) is 0 Å². The summed E-state index contributed by atoms with van der Waals surface area (Å²) >= 11 is 0. The molecule has 6 nitrogen and oxygen atoms in total. The Morgan fingerprint density at radius 3 is 1.32 bits per heavy atom. The Kier molecular flexibility index (Phi) is 7.78. The first-order valence-corrected chi connectivity index (χ1v) is 12.8. The molecule has 0 saturated carbocycles. The maximum Gasteiger partial charge on any atom is 0.336 e. The molecule has 0 heterocycles. The van der Waals surface area contributed by atoms with E-state index in [1.54, 1.807) is 38.5 Å². The molecule has 0 saturated heterocycles. The van der Waals surface area contributed by atoms with Crippen LogP contribution in [-0.2, 0) is 9.59 Å². The number of carbonyl (C=O) groups is 2. The van der Waals surface area contributed by atoms with Crippen LogP contribution in [0.2, 0.25) is 0 Å². The molecule has 6 heteroatoms. The third kappa shape index (κ3) is 5.97. The monoisotopic (exact) mass is 532 g/mol. The predicted molar refractivity (Wildman–Crippen MR) is 155 cm³/mol. The van der Waals surface area contributed by atoms with Crippen LogP contribution in [-0.4, -0.2) is 26.2 Å². The van der Waals surface area contributed by atoms with Crippen LogP contribution in [0.1, 0.15) is 35.1 Å². The number of esters is 2. The van der Waals surface area contributed by atoms with E-state index in [9.17, 15) is 9.59 Å². The third-order valence-electron chi connectivity index (χ3n) is 6.76. The van der Waals surface area contributed by atoms with E-state index in [2.05, 4.69) is 6.92 Å². The second-order valence-electron chi connectivity index (χ2n) is 9.27. The fourth-order valence-corrected chi connectivity index (χ4v) is 4.64. The summed E-state index contributed by atoms with van der Waals surface area (Å²) in [4.78, 5) is 24.9. The Morgan fingerprint density at radius 1 is 0.575 bits per heavy atom. The zero-order chi connectivity index (χ0) is 28.1. The van der Waals surface area contributed by atoms with Crippen LogP contribution in [0.3, 0.4) is 0 Å². The van der Waals surface area contributed by atoms with Gasteiger partial charge >= 0.3 is 11.9 Å². The molecular formula is C34H28O6. The largest absolute Gasteiger partial charge is 0.497 e. The van der Waals surface area contributed by atoms with Crippen LogP contribution < -0.4 is 18.9 Å². The van der Waals surface area contributed by atoms with Crippen LogP contribution in [0.25, 0.3) is 23.3 Å². The summed E-state index contributed by atoms with van der Waals surface area (Å²) in [5, 5.41) is 0. The normalized spacial score (nSPS) is 13.6. The van der Waals surface area contributed by atoms with Crippen molar-refractivity contribution in [2.75, 3.05) is 14.2 Å². The maximum atomic E-state index is 12.4. The zero-order valence-electron chi connectivity index (χ0n) is 22.4. The van der Waals surface area contributed by atoms with Crippen molar-refractivity contribution in [2.45, 2.75) is 12.8 Å². The molecule has 1 aliphatic rings. The van der Waals surface area contributed by atoms with Gasteiger partial charge in [0.15, 0.2) is 0 Å². The first-order chi connectivity index (χ1) is 19.4. The van der Waals surface area contributed by atoms with Crippen LogP contribution in [0.4, 0.5) is 0 Å². The standard InChI is InChI=1S/C34H28O6/c1-22-31-20-27(39-33(35)18-8-23-4-10-25(37-2)11-5-23)14-16-29(31)30-17-15-28(21-32(22)30)40-34(36)19-9-24-6-12-26(38-3)13-7-24/h4-22H,1-3H3. The van der Waals surface area contributed by atoms with E-state index in [-0.39, 0.29) is 5.92 Å². The van der Waals surface area contributed by atoms with Crippen LogP contribution in [0.15, 0.2) is 97.1 Å². The van der Waals surface area contributed by atoms with Gasteiger partial charge in [0.1, 0.15) is 23.0 Å². The molecule has 0 bridgehead atoms. The Morgan fingerprint density at radius 2 is 0.950 bits per heavy atom. The molecule has 0 unspecified atom stereocenters. The van der Waals surface area contributed by atoms with Crippen LogP contribution in [0, 0.1) is 0 Å². The molecule has 5 rings (SSSR count). The average molecular weight is 533 g/mol. The number of ether oxygens (including phenoxy) is 4. The van der Waals surface area contributed by atoms with Crippen molar-refractivity contribution in [3.05, 3.63) is 119 Å². The molecule has 4 aromatic carbocycles. The lowest BCUT2D eigenvalue weighted by Gasteiger charge is -2.09. The summed E-state index contributed by atoms with van der Waals surface area (Å²) in [6.45, 7) is 2.08. The van der Waals surface area contributed by atoms with Crippen molar-refractivity contribution < 1.29 is 28.5 Å². The fourth-order valence-electron chi connectivity index (χ4n) is 4.64. The number of hydrogen-bond donors (Lipinski definition) is 0. The molecule has 200 valence electrons. The van der Waals surface area contributed by atoms with Crippen molar-refractivity contribution >= 4 is 24.1 Å². The van der Waals surface area contributed by atoms with Crippen molar-refractivity contribution in [2.24, 2.45) is 0 Å². The molecule has 40 heavy (non-hydrogen) atoms. The Balaban J connectivity index is 1.24. The SMILES string of the molecule is COc1ccc(C=CC(=O)Oc2ccc3c(c2)C(C)c2cc(OC(=O)C=Cc4ccc(OC)cc4)ccc2-3)cc1. The smallest absolute Gasteiger partial charge is 0.336 e. The summed E-state index contributed by atoms with van der Waals surface area (Å²) in [5.74, 6) is 1.55. The second kappa shape index (κ2) is 11.7. The maximum absolute atomic E-state index is 12.4. The van der Waals surface area contributed by atoms with Gasteiger partial charge in [-0.25, -0.2) is 9.59 Å². The van der Waals surface area contributed by atoms with E-state index in [1.807, 2.05) is 72.8 Å². The summed E-state index contributed by atoms with van der Waals surface area (Å²) < 4.78 is 21.4. The minimum atomic E-state index is -0.462.